The first-order valence-electron chi connectivity index (χ1n) is 9.49. The van der Waals surface area contributed by atoms with E-state index in [2.05, 4.69) is 43.0 Å². The first-order chi connectivity index (χ1) is 14.2. The van der Waals surface area contributed by atoms with Gasteiger partial charge >= 0.3 is 0 Å². The summed E-state index contributed by atoms with van der Waals surface area (Å²) >= 11 is 0. The second kappa shape index (κ2) is 6.73. The first-order valence-corrected chi connectivity index (χ1v) is 9.49. The smallest absolute Gasteiger partial charge is 0.270 e. The fourth-order valence-corrected chi connectivity index (χ4v) is 3.75. The summed E-state index contributed by atoms with van der Waals surface area (Å²) in [7, 11) is 0. The molecule has 29 heavy (non-hydrogen) atoms. The number of hydrogen-bond donors (Lipinski definition) is 1. The van der Waals surface area contributed by atoms with E-state index in [1.165, 1.54) is 23.4 Å². The molecular formula is C21H19N7O. The summed E-state index contributed by atoms with van der Waals surface area (Å²) in [6, 6.07) is 4.17. The average Bonchev–Trinajstić information content (AvgIpc) is 3.54. The second-order valence-corrected chi connectivity index (χ2v) is 7.25. The third-order valence-corrected chi connectivity index (χ3v) is 5.38. The Labute approximate surface area is 167 Å². The van der Waals surface area contributed by atoms with E-state index in [0.717, 1.165) is 41.3 Å². The van der Waals surface area contributed by atoms with E-state index >= 15 is 0 Å². The van der Waals surface area contributed by atoms with Crippen molar-refractivity contribution in [1.29, 1.82) is 0 Å². The molecule has 3 heterocycles. The number of allylic oxidation sites excluding steroid dienone is 2. The van der Waals surface area contributed by atoms with Crippen LogP contribution in [0, 0.1) is 0 Å². The van der Waals surface area contributed by atoms with Gasteiger partial charge in [-0.1, -0.05) is 18.7 Å². The van der Waals surface area contributed by atoms with Crippen LogP contribution in [-0.2, 0) is 11.8 Å². The minimum atomic E-state index is -0.658. The van der Waals surface area contributed by atoms with E-state index in [0.29, 0.717) is 12.5 Å². The van der Waals surface area contributed by atoms with Gasteiger partial charge in [-0.3, -0.25) is 4.79 Å². The van der Waals surface area contributed by atoms with Gasteiger partial charge in [0.15, 0.2) is 5.82 Å². The van der Waals surface area contributed by atoms with E-state index in [-0.39, 0.29) is 5.91 Å². The van der Waals surface area contributed by atoms with E-state index in [4.69, 9.17) is 0 Å². The molecule has 1 N–H and O–H groups in total. The molecule has 0 saturated heterocycles. The largest absolute Gasteiger partial charge is 0.365 e. The molecule has 2 aliphatic carbocycles. The van der Waals surface area contributed by atoms with Crippen LogP contribution in [0.3, 0.4) is 0 Å². The van der Waals surface area contributed by atoms with Crippen molar-refractivity contribution in [2.45, 2.75) is 30.7 Å². The maximum atomic E-state index is 12.6. The van der Waals surface area contributed by atoms with Crippen LogP contribution in [-0.4, -0.2) is 41.7 Å². The number of rotatable bonds is 5. The quantitative estimate of drug-likeness (QED) is 0.674. The zero-order chi connectivity index (χ0) is 19.8. The van der Waals surface area contributed by atoms with Gasteiger partial charge in [-0.15, -0.1) is 5.10 Å². The van der Waals surface area contributed by atoms with Crippen molar-refractivity contribution in [3.8, 4) is 0 Å². The van der Waals surface area contributed by atoms with Crippen molar-refractivity contribution in [1.82, 2.24) is 29.7 Å². The Morgan fingerprint density at radius 3 is 2.41 bits per heavy atom. The molecular weight excluding hydrogens is 366 g/mol. The molecule has 0 aromatic carbocycles. The maximum Gasteiger partial charge on any atom is 0.270 e. The highest BCUT2D eigenvalue weighted by Crippen LogP contribution is 2.42. The lowest BCUT2D eigenvalue weighted by atomic mass is 9.73. The van der Waals surface area contributed by atoms with Gasteiger partial charge in [-0.25, -0.2) is 19.9 Å². The summed E-state index contributed by atoms with van der Waals surface area (Å²) < 4.78 is 1.44. The molecule has 0 aliphatic heterocycles. The van der Waals surface area contributed by atoms with Crippen molar-refractivity contribution in [2.24, 2.45) is 0 Å². The van der Waals surface area contributed by atoms with Gasteiger partial charge in [-0.05, 0) is 31.1 Å². The van der Waals surface area contributed by atoms with Crippen LogP contribution in [0.4, 0.5) is 5.82 Å². The molecule has 8 nitrogen and oxygen atoms in total. The Kier molecular flexibility index (Phi) is 4.04. The molecule has 0 amide bonds. The van der Waals surface area contributed by atoms with Crippen LogP contribution in [0.15, 0.2) is 55.9 Å². The van der Waals surface area contributed by atoms with Gasteiger partial charge in [0.2, 0.25) is 0 Å². The highest BCUT2D eigenvalue weighted by Gasteiger charge is 2.41. The van der Waals surface area contributed by atoms with Crippen LogP contribution >= 0.6 is 0 Å². The molecule has 1 fully saturated rings. The van der Waals surface area contributed by atoms with Crippen LogP contribution in [0.2, 0.25) is 0 Å². The number of carbonyl (C=O) groups excluding carboxylic acids is 1. The Bertz CT molecular complexity index is 1060. The topological polar surface area (TPSA) is 98.5 Å². The lowest BCUT2D eigenvalue weighted by Gasteiger charge is -2.32. The maximum absolute atomic E-state index is 12.6. The number of anilines is 1. The summed E-state index contributed by atoms with van der Waals surface area (Å²) in [6.07, 6.45) is 14.5. The molecule has 0 bridgehead atoms. The fourth-order valence-electron chi connectivity index (χ4n) is 3.75. The third-order valence-electron chi connectivity index (χ3n) is 5.38. The van der Waals surface area contributed by atoms with Gasteiger partial charge in [0.25, 0.3) is 5.91 Å². The van der Waals surface area contributed by atoms with Crippen molar-refractivity contribution < 1.29 is 4.79 Å². The van der Waals surface area contributed by atoms with Gasteiger partial charge in [-0.2, -0.15) is 4.68 Å². The Hall–Kier alpha value is -3.68. The summed E-state index contributed by atoms with van der Waals surface area (Å²) in [4.78, 5) is 29.7. The molecule has 3 aromatic rings. The molecule has 0 radical (unpaired) electrons. The van der Waals surface area contributed by atoms with Crippen LogP contribution in [0.25, 0.3) is 6.08 Å². The zero-order valence-electron chi connectivity index (χ0n) is 15.7. The van der Waals surface area contributed by atoms with Crippen LogP contribution in [0.5, 0.6) is 0 Å². The molecule has 3 aromatic heterocycles. The fraction of sp³-hybridized carbons (Fsp3) is 0.238. The van der Waals surface area contributed by atoms with Crippen molar-refractivity contribution in [2.75, 3.05) is 5.32 Å². The van der Waals surface area contributed by atoms with Gasteiger partial charge in [0.1, 0.15) is 12.7 Å². The van der Waals surface area contributed by atoms with Crippen LogP contribution < -0.4 is 5.32 Å². The van der Waals surface area contributed by atoms with E-state index in [9.17, 15) is 4.79 Å². The minimum Gasteiger partial charge on any atom is -0.365 e. The Balaban J connectivity index is 1.69. The second-order valence-electron chi connectivity index (χ2n) is 7.25. The minimum absolute atomic E-state index is 0.264. The van der Waals surface area contributed by atoms with E-state index in [1.807, 2.05) is 18.2 Å². The number of nitrogens with one attached hydrogen (secondary N) is 1. The predicted octanol–water partition coefficient (Wildman–Crippen LogP) is 2.42. The van der Waals surface area contributed by atoms with Crippen molar-refractivity contribution in [3.05, 3.63) is 78.6 Å². The van der Waals surface area contributed by atoms with Crippen molar-refractivity contribution in [3.63, 3.8) is 0 Å². The van der Waals surface area contributed by atoms with Crippen molar-refractivity contribution >= 4 is 17.8 Å². The van der Waals surface area contributed by atoms with Gasteiger partial charge < -0.3 is 5.32 Å². The summed E-state index contributed by atoms with van der Waals surface area (Å²) in [5, 5.41) is 7.99. The average molecular weight is 385 g/mol. The van der Waals surface area contributed by atoms with E-state index < -0.39 is 5.41 Å². The molecule has 0 spiro atoms. The van der Waals surface area contributed by atoms with Crippen LogP contribution in [0.1, 0.15) is 40.3 Å². The monoisotopic (exact) mass is 385 g/mol. The Morgan fingerprint density at radius 1 is 1.17 bits per heavy atom. The summed E-state index contributed by atoms with van der Waals surface area (Å²) in [6.45, 7) is 3.63. The first kappa shape index (κ1) is 17.4. The summed E-state index contributed by atoms with van der Waals surface area (Å²) in [5.74, 6) is 0.465. The molecule has 8 heteroatoms. The lowest BCUT2D eigenvalue weighted by molar-refractivity contribution is 0.0950. The number of hydrogen-bond acceptors (Lipinski definition) is 7. The van der Waals surface area contributed by atoms with E-state index in [1.54, 1.807) is 12.4 Å². The number of fused-ring (bicyclic) bond motifs is 1. The summed E-state index contributed by atoms with van der Waals surface area (Å²) in [5.41, 5.74) is 2.66. The highest BCUT2D eigenvalue weighted by atomic mass is 16.2. The van der Waals surface area contributed by atoms with Gasteiger partial charge in [0.05, 0.1) is 22.5 Å². The number of aromatic nitrogens is 6. The molecule has 2 aliphatic rings. The highest BCUT2D eigenvalue weighted by molar-refractivity contribution is 5.91. The normalized spacial score (nSPS) is 16.8. The SMILES string of the molecule is C=CC(=O)n1nc(NC2CC2)c2c1CC(c1ccncn1)(c1ccncn1)C=C2. The molecule has 0 atom stereocenters. The molecule has 5 rings (SSSR count). The standard InChI is InChI=1S/C21H19N7O/c1-2-19(29)28-16-11-21(17-6-9-22-12-24-17,18-7-10-23-13-25-18)8-5-15(16)20(27-28)26-14-3-4-14/h2,5-10,12-14H,1,3-4,11H2,(H,26,27). The predicted molar refractivity (Wildman–Crippen MR) is 107 cm³/mol. The number of carbonyl (C=O) groups is 1. The third kappa shape index (κ3) is 2.93. The molecule has 144 valence electrons. The van der Waals surface area contributed by atoms with Gasteiger partial charge in [0, 0.05) is 30.4 Å². The Morgan fingerprint density at radius 2 is 1.86 bits per heavy atom. The molecule has 0 unspecified atom stereocenters. The lowest BCUT2D eigenvalue weighted by Crippen LogP contribution is -2.34. The zero-order valence-corrected chi connectivity index (χ0v) is 15.7. The molecule has 1 saturated carbocycles. The number of nitrogens with zero attached hydrogens (tertiary/aromatic N) is 6.